The van der Waals surface area contributed by atoms with E-state index < -0.39 is 0 Å². The van der Waals surface area contributed by atoms with Crippen molar-refractivity contribution < 1.29 is 9.18 Å². The van der Waals surface area contributed by atoms with Gasteiger partial charge in [-0.3, -0.25) is 4.79 Å². The molecule has 2 rings (SSSR count). The van der Waals surface area contributed by atoms with Crippen LogP contribution in [0.1, 0.15) is 17.3 Å². The first-order valence-corrected chi connectivity index (χ1v) is 6.64. The number of hydrogen-bond acceptors (Lipinski definition) is 3. The lowest BCUT2D eigenvalue weighted by Crippen LogP contribution is -2.48. The van der Waals surface area contributed by atoms with Gasteiger partial charge in [0.05, 0.1) is 5.69 Å². The van der Waals surface area contributed by atoms with Crippen LogP contribution in [0, 0.1) is 5.82 Å². The minimum atomic E-state index is -0.388. The number of benzene rings is 1. The van der Waals surface area contributed by atoms with E-state index in [1.165, 1.54) is 6.07 Å². The molecule has 19 heavy (non-hydrogen) atoms. The van der Waals surface area contributed by atoms with Gasteiger partial charge < -0.3 is 15.1 Å². The molecule has 0 aliphatic carbocycles. The summed E-state index contributed by atoms with van der Waals surface area (Å²) in [5.74, 6) is -0.474. The second-order valence-corrected chi connectivity index (χ2v) is 4.67. The fraction of sp³-hybridized carbons (Fsp3) is 0.500. The van der Waals surface area contributed by atoms with Crippen molar-refractivity contribution in [2.75, 3.05) is 45.1 Å². The molecule has 0 bridgehead atoms. The molecule has 1 aromatic carbocycles. The molecule has 1 aromatic rings. The van der Waals surface area contributed by atoms with Crippen molar-refractivity contribution in [2.45, 2.75) is 6.92 Å². The first-order chi connectivity index (χ1) is 9.15. The number of carbonyl (C=O) groups is 1. The summed E-state index contributed by atoms with van der Waals surface area (Å²) in [6, 6.07) is 4.58. The van der Waals surface area contributed by atoms with Crippen molar-refractivity contribution in [1.29, 1.82) is 0 Å². The van der Waals surface area contributed by atoms with E-state index in [9.17, 15) is 9.18 Å². The molecule has 1 aliphatic rings. The minimum Gasteiger partial charge on any atom is -0.386 e. The molecular formula is C14H20FN3O. The van der Waals surface area contributed by atoms with E-state index in [0.717, 1.165) is 19.6 Å². The molecular weight excluding hydrogens is 245 g/mol. The monoisotopic (exact) mass is 265 g/mol. The van der Waals surface area contributed by atoms with Crippen molar-refractivity contribution >= 4 is 11.6 Å². The van der Waals surface area contributed by atoms with Crippen molar-refractivity contribution in [3.8, 4) is 0 Å². The zero-order valence-electron chi connectivity index (χ0n) is 11.4. The van der Waals surface area contributed by atoms with E-state index in [2.05, 4.69) is 17.1 Å². The van der Waals surface area contributed by atoms with Crippen LogP contribution in [0.3, 0.4) is 0 Å². The number of halogens is 1. The molecule has 4 nitrogen and oxygen atoms in total. The second kappa shape index (κ2) is 6.02. The number of rotatable bonds is 3. The van der Waals surface area contributed by atoms with Gasteiger partial charge in [0, 0.05) is 38.8 Å². The number of amides is 1. The van der Waals surface area contributed by atoms with Crippen LogP contribution in [0.25, 0.3) is 0 Å². The number of anilines is 1. The highest BCUT2D eigenvalue weighted by atomic mass is 19.1. The fourth-order valence-corrected chi connectivity index (χ4v) is 2.30. The van der Waals surface area contributed by atoms with Crippen molar-refractivity contribution in [2.24, 2.45) is 0 Å². The van der Waals surface area contributed by atoms with E-state index in [-0.39, 0.29) is 11.7 Å². The SMILES string of the molecule is CCN1CCN(C(=O)c2ccc(NC)c(F)c2)CC1. The predicted octanol–water partition coefficient (Wildman–Crippen LogP) is 1.65. The Balaban J connectivity index is 2.06. The summed E-state index contributed by atoms with van der Waals surface area (Å²) >= 11 is 0. The maximum Gasteiger partial charge on any atom is 0.254 e. The molecule has 1 fully saturated rings. The lowest BCUT2D eigenvalue weighted by atomic mass is 10.1. The summed E-state index contributed by atoms with van der Waals surface area (Å²) in [7, 11) is 1.66. The van der Waals surface area contributed by atoms with E-state index in [4.69, 9.17) is 0 Å². The second-order valence-electron chi connectivity index (χ2n) is 4.67. The number of hydrogen-bond donors (Lipinski definition) is 1. The molecule has 1 saturated heterocycles. The summed E-state index contributed by atoms with van der Waals surface area (Å²) < 4.78 is 13.7. The largest absolute Gasteiger partial charge is 0.386 e. The summed E-state index contributed by atoms with van der Waals surface area (Å²) in [5.41, 5.74) is 0.828. The number of nitrogens with one attached hydrogen (secondary N) is 1. The molecule has 1 N–H and O–H groups in total. The number of nitrogens with zero attached hydrogens (tertiary/aromatic N) is 2. The van der Waals surface area contributed by atoms with Gasteiger partial charge in [0.25, 0.3) is 5.91 Å². The summed E-state index contributed by atoms with van der Waals surface area (Å²) in [6.45, 7) is 6.32. The molecule has 0 saturated carbocycles. The topological polar surface area (TPSA) is 35.6 Å². The van der Waals surface area contributed by atoms with Crippen molar-refractivity contribution in [3.63, 3.8) is 0 Å². The third kappa shape index (κ3) is 3.04. The first-order valence-electron chi connectivity index (χ1n) is 6.64. The molecule has 1 aliphatic heterocycles. The average molecular weight is 265 g/mol. The van der Waals surface area contributed by atoms with Gasteiger partial charge in [-0.25, -0.2) is 4.39 Å². The third-order valence-corrected chi connectivity index (χ3v) is 3.59. The van der Waals surface area contributed by atoms with Crippen LogP contribution in [0.4, 0.5) is 10.1 Å². The number of carbonyl (C=O) groups excluding carboxylic acids is 1. The molecule has 5 heteroatoms. The highest BCUT2D eigenvalue weighted by Crippen LogP contribution is 2.17. The average Bonchev–Trinajstić information content (AvgIpc) is 2.46. The molecule has 1 amide bonds. The molecule has 0 spiro atoms. The zero-order chi connectivity index (χ0) is 13.8. The van der Waals surface area contributed by atoms with Gasteiger partial charge in [-0.15, -0.1) is 0 Å². The highest BCUT2D eigenvalue weighted by Gasteiger charge is 2.21. The fourth-order valence-electron chi connectivity index (χ4n) is 2.30. The number of likely N-dealkylation sites (N-methyl/N-ethyl adjacent to an activating group) is 1. The molecule has 0 atom stereocenters. The Morgan fingerprint density at radius 1 is 1.32 bits per heavy atom. The van der Waals surface area contributed by atoms with Crippen molar-refractivity contribution in [3.05, 3.63) is 29.6 Å². The van der Waals surface area contributed by atoms with Gasteiger partial charge >= 0.3 is 0 Å². The Morgan fingerprint density at radius 2 is 2.00 bits per heavy atom. The highest BCUT2D eigenvalue weighted by molar-refractivity contribution is 5.94. The Morgan fingerprint density at radius 3 is 2.53 bits per heavy atom. The van der Waals surface area contributed by atoms with Gasteiger partial charge in [0.2, 0.25) is 0 Å². The van der Waals surface area contributed by atoms with Crippen molar-refractivity contribution in [1.82, 2.24) is 9.80 Å². The number of piperazine rings is 1. The van der Waals surface area contributed by atoms with E-state index >= 15 is 0 Å². The molecule has 104 valence electrons. The molecule has 1 heterocycles. The van der Waals surface area contributed by atoms with Gasteiger partial charge in [-0.2, -0.15) is 0 Å². The summed E-state index contributed by atoms with van der Waals surface area (Å²) in [4.78, 5) is 16.4. The van der Waals surface area contributed by atoms with Crippen LogP contribution < -0.4 is 5.32 Å². The van der Waals surface area contributed by atoms with Crippen LogP contribution in [0.5, 0.6) is 0 Å². The maximum atomic E-state index is 13.7. The van der Waals surface area contributed by atoms with Gasteiger partial charge in [-0.05, 0) is 24.7 Å². The lowest BCUT2D eigenvalue weighted by molar-refractivity contribution is 0.0643. The molecule has 0 aromatic heterocycles. The van der Waals surface area contributed by atoms with Crippen LogP contribution in [0.15, 0.2) is 18.2 Å². The van der Waals surface area contributed by atoms with E-state index in [1.54, 1.807) is 24.1 Å². The van der Waals surface area contributed by atoms with Crippen LogP contribution in [-0.4, -0.2) is 55.5 Å². The molecule has 0 unspecified atom stereocenters. The lowest BCUT2D eigenvalue weighted by Gasteiger charge is -2.34. The first kappa shape index (κ1) is 13.8. The molecule has 0 radical (unpaired) electrons. The predicted molar refractivity (Wildman–Crippen MR) is 74.0 cm³/mol. The van der Waals surface area contributed by atoms with Gasteiger partial charge in [0.1, 0.15) is 5.82 Å². The van der Waals surface area contributed by atoms with E-state index in [1.807, 2.05) is 0 Å². The normalized spacial score (nSPS) is 16.5. The summed E-state index contributed by atoms with van der Waals surface area (Å²) in [6.07, 6.45) is 0. The van der Waals surface area contributed by atoms with Crippen LogP contribution >= 0.6 is 0 Å². The van der Waals surface area contributed by atoms with Gasteiger partial charge in [0.15, 0.2) is 0 Å². The van der Waals surface area contributed by atoms with Crippen LogP contribution in [0.2, 0.25) is 0 Å². The standard InChI is InChI=1S/C14H20FN3O/c1-3-17-6-8-18(9-7-17)14(19)11-4-5-13(16-2)12(15)10-11/h4-5,10,16H,3,6-9H2,1-2H3. The van der Waals surface area contributed by atoms with Gasteiger partial charge in [-0.1, -0.05) is 6.92 Å². The Hall–Kier alpha value is -1.62. The Kier molecular flexibility index (Phi) is 4.37. The summed E-state index contributed by atoms with van der Waals surface area (Å²) in [5, 5.41) is 2.75. The third-order valence-electron chi connectivity index (χ3n) is 3.59. The maximum absolute atomic E-state index is 13.7. The minimum absolute atomic E-state index is 0.0858. The Bertz CT molecular complexity index is 456. The quantitative estimate of drug-likeness (QED) is 0.902. The van der Waals surface area contributed by atoms with E-state index in [0.29, 0.717) is 24.3 Å². The van der Waals surface area contributed by atoms with Crippen LogP contribution in [-0.2, 0) is 0 Å². The smallest absolute Gasteiger partial charge is 0.254 e. The Labute approximate surface area is 113 Å². The zero-order valence-corrected chi connectivity index (χ0v) is 11.4.